The van der Waals surface area contributed by atoms with Crippen molar-refractivity contribution in [3.05, 3.63) is 70.8 Å². The van der Waals surface area contributed by atoms with Gasteiger partial charge in [0.05, 0.1) is 11.6 Å². The van der Waals surface area contributed by atoms with Gasteiger partial charge in [0.1, 0.15) is 0 Å². The van der Waals surface area contributed by atoms with Gasteiger partial charge in [-0.3, -0.25) is 9.80 Å². The molecule has 2 aliphatic heterocycles. The van der Waals surface area contributed by atoms with Gasteiger partial charge >= 0.3 is 0 Å². The molecule has 0 unspecified atom stereocenters. The lowest BCUT2D eigenvalue weighted by atomic mass is 9.88. The maximum Gasteiger partial charge on any atom is 0.0991 e. The molecular weight excluding hydrogens is 377 g/mol. The maximum atomic E-state index is 9.10. The minimum atomic E-state index is 0. The van der Waals surface area contributed by atoms with Crippen LogP contribution in [0.5, 0.6) is 0 Å². The number of nitriles is 1. The summed E-state index contributed by atoms with van der Waals surface area (Å²) in [4.78, 5) is 5.12. The minimum Gasteiger partial charge on any atom is -0.299 e. The molecule has 2 aliphatic rings. The van der Waals surface area contributed by atoms with Gasteiger partial charge in [-0.2, -0.15) is 5.26 Å². The van der Waals surface area contributed by atoms with Gasteiger partial charge in [-0.25, -0.2) is 0 Å². The first-order valence-corrected chi connectivity index (χ1v) is 9.13. The molecule has 0 N–H and O–H groups in total. The molecule has 2 aromatic carbocycles. The van der Waals surface area contributed by atoms with Crippen LogP contribution in [0, 0.1) is 30.1 Å². The average molecular weight is 404 g/mol. The molecule has 3 atom stereocenters. The Labute approximate surface area is 174 Å². The standard InChI is InChI=1S/C22H25N3.2ClH/c1-16-6-3-4-9-20(16)22-21-15-25(14-19(21)13-24(22)2)12-18-8-5-7-17(10-18)11-23;;/h3-10,19,21-22H,12-15H2,1-2H3;2*1H/t19-,21+,22+;;/m0../s1. The van der Waals surface area contributed by atoms with Gasteiger partial charge in [0.15, 0.2) is 0 Å². The zero-order valence-corrected chi connectivity index (χ0v) is 17.5. The van der Waals surface area contributed by atoms with Crippen LogP contribution in [0.4, 0.5) is 0 Å². The third-order valence-electron chi connectivity index (χ3n) is 5.94. The summed E-state index contributed by atoms with van der Waals surface area (Å²) in [6, 6.07) is 19.7. The predicted molar refractivity (Wildman–Crippen MR) is 114 cm³/mol. The fraction of sp³-hybridized carbons (Fsp3) is 0.409. The van der Waals surface area contributed by atoms with E-state index in [4.69, 9.17) is 5.26 Å². The highest BCUT2D eigenvalue weighted by atomic mass is 35.5. The molecule has 0 aromatic heterocycles. The Morgan fingerprint density at radius 1 is 1.04 bits per heavy atom. The third kappa shape index (κ3) is 4.31. The Morgan fingerprint density at radius 2 is 1.81 bits per heavy atom. The molecule has 4 rings (SSSR count). The summed E-state index contributed by atoms with van der Waals surface area (Å²) in [6.07, 6.45) is 0. The van der Waals surface area contributed by atoms with Crippen LogP contribution in [0.25, 0.3) is 0 Å². The van der Waals surface area contributed by atoms with Crippen LogP contribution in [-0.2, 0) is 6.54 Å². The molecule has 3 nitrogen and oxygen atoms in total. The van der Waals surface area contributed by atoms with Crippen LogP contribution < -0.4 is 0 Å². The van der Waals surface area contributed by atoms with E-state index in [1.807, 2.05) is 18.2 Å². The molecule has 2 aromatic rings. The third-order valence-corrected chi connectivity index (χ3v) is 5.94. The highest BCUT2D eigenvalue weighted by molar-refractivity contribution is 5.85. The number of aryl methyl sites for hydroxylation is 1. The number of rotatable bonds is 3. The van der Waals surface area contributed by atoms with E-state index in [-0.39, 0.29) is 24.8 Å². The summed E-state index contributed by atoms with van der Waals surface area (Å²) in [5.74, 6) is 1.44. The van der Waals surface area contributed by atoms with Crippen molar-refractivity contribution in [1.29, 1.82) is 5.26 Å². The SMILES string of the molecule is Cc1ccccc1[C@@H]1[C@@H]2CN(Cc3cccc(C#N)c3)C[C@@H]2CN1C.Cl.Cl. The van der Waals surface area contributed by atoms with Crippen LogP contribution in [0.3, 0.4) is 0 Å². The maximum absolute atomic E-state index is 9.10. The normalized spacial score (nSPS) is 24.6. The van der Waals surface area contributed by atoms with Gasteiger partial charge < -0.3 is 0 Å². The Bertz CT molecular complexity index is 817. The van der Waals surface area contributed by atoms with Crippen molar-refractivity contribution in [2.45, 2.75) is 19.5 Å². The van der Waals surface area contributed by atoms with E-state index in [0.29, 0.717) is 12.0 Å². The molecule has 27 heavy (non-hydrogen) atoms. The summed E-state index contributed by atoms with van der Waals surface area (Å²) in [7, 11) is 2.27. The first-order valence-electron chi connectivity index (χ1n) is 9.13. The summed E-state index contributed by atoms with van der Waals surface area (Å²) < 4.78 is 0. The van der Waals surface area contributed by atoms with Gasteiger partial charge in [-0.05, 0) is 54.6 Å². The summed E-state index contributed by atoms with van der Waals surface area (Å²) in [5.41, 5.74) is 4.90. The molecule has 144 valence electrons. The van der Waals surface area contributed by atoms with Crippen LogP contribution >= 0.6 is 24.8 Å². The van der Waals surface area contributed by atoms with Crippen LogP contribution in [0.15, 0.2) is 48.5 Å². The van der Waals surface area contributed by atoms with Crippen molar-refractivity contribution in [3.63, 3.8) is 0 Å². The largest absolute Gasteiger partial charge is 0.299 e. The summed E-state index contributed by atoms with van der Waals surface area (Å²) in [5, 5.41) is 9.10. The number of nitrogens with zero attached hydrogens (tertiary/aromatic N) is 3. The van der Waals surface area contributed by atoms with E-state index in [2.05, 4.69) is 60.2 Å². The second-order valence-electron chi connectivity index (χ2n) is 7.67. The molecule has 2 saturated heterocycles. The number of hydrogen-bond donors (Lipinski definition) is 0. The molecule has 0 spiro atoms. The van der Waals surface area contributed by atoms with Crippen molar-refractivity contribution in [3.8, 4) is 6.07 Å². The van der Waals surface area contributed by atoms with Crippen molar-refractivity contribution < 1.29 is 0 Å². The zero-order valence-electron chi connectivity index (χ0n) is 15.8. The fourth-order valence-corrected chi connectivity index (χ4v) is 4.86. The Balaban J connectivity index is 0.00000131. The van der Waals surface area contributed by atoms with E-state index in [0.717, 1.165) is 31.1 Å². The number of likely N-dealkylation sites (tertiary alicyclic amines) is 2. The predicted octanol–water partition coefficient (Wildman–Crippen LogP) is 4.45. The monoisotopic (exact) mass is 403 g/mol. The van der Waals surface area contributed by atoms with Crippen molar-refractivity contribution in [2.24, 2.45) is 11.8 Å². The number of fused-ring (bicyclic) bond motifs is 1. The van der Waals surface area contributed by atoms with E-state index in [1.54, 1.807) is 0 Å². The Morgan fingerprint density at radius 3 is 2.56 bits per heavy atom. The second kappa shape index (κ2) is 9.08. The molecule has 5 heteroatoms. The van der Waals surface area contributed by atoms with Gasteiger partial charge in [0.2, 0.25) is 0 Å². The fourth-order valence-electron chi connectivity index (χ4n) is 4.86. The molecular formula is C22H27Cl2N3. The quantitative estimate of drug-likeness (QED) is 0.758. The minimum absolute atomic E-state index is 0. The lowest BCUT2D eigenvalue weighted by molar-refractivity contribution is 0.224. The zero-order chi connectivity index (χ0) is 17.4. The molecule has 0 bridgehead atoms. The molecule has 2 fully saturated rings. The Hall–Kier alpha value is -1.57. The van der Waals surface area contributed by atoms with Gasteiger partial charge in [0.25, 0.3) is 0 Å². The number of halogens is 2. The van der Waals surface area contributed by atoms with Gasteiger partial charge in [0, 0.05) is 32.2 Å². The summed E-state index contributed by atoms with van der Waals surface area (Å²) in [6.45, 7) is 6.67. The van der Waals surface area contributed by atoms with Gasteiger partial charge in [-0.15, -0.1) is 24.8 Å². The van der Waals surface area contributed by atoms with E-state index in [1.165, 1.54) is 23.2 Å². The van der Waals surface area contributed by atoms with Crippen LogP contribution in [-0.4, -0.2) is 36.5 Å². The van der Waals surface area contributed by atoms with Crippen LogP contribution in [0.2, 0.25) is 0 Å². The average Bonchev–Trinajstić information content (AvgIpc) is 3.11. The lowest BCUT2D eigenvalue weighted by Gasteiger charge is -2.28. The van der Waals surface area contributed by atoms with Crippen molar-refractivity contribution >= 4 is 24.8 Å². The molecule has 0 amide bonds. The lowest BCUT2D eigenvalue weighted by Crippen LogP contribution is -2.29. The van der Waals surface area contributed by atoms with E-state index in [9.17, 15) is 0 Å². The Kier molecular flexibility index (Phi) is 7.31. The van der Waals surface area contributed by atoms with Gasteiger partial charge in [-0.1, -0.05) is 36.4 Å². The molecule has 2 heterocycles. The number of benzene rings is 2. The highest BCUT2D eigenvalue weighted by Crippen LogP contribution is 2.45. The van der Waals surface area contributed by atoms with Crippen LogP contribution in [0.1, 0.15) is 28.3 Å². The molecule has 0 radical (unpaired) electrons. The topological polar surface area (TPSA) is 30.3 Å². The first-order chi connectivity index (χ1) is 12.2. The highest BCUT2D eigenvalue weighted by Gasteiger charge is 2.46. The van der Waals surface area contributed by atoms with Crippen molar-refractivity contribution in [2.75, 3.05) is 26.7 Å². The van der Waals surface area contributed by atoms with E-state index >= 15 is 0 Å². The number of hydrogen-bond acceptors (Lipinski definition) is 3. The van der Waals surface area contributed by atoms with Crippen molar-refractivity contribution in [1.82, 2.24) is 9.80 Å². The van der Waals surface area contributed by atoms with E-state index < -0.39 is 0 Å². The molecule has 0 saturated carbocycles. The summed E-state index contributed by atoms with van der Waals surface area (Å²) >= 11 is 0. The smallest absolute Gasteiger partial charge is 0.0991 e. The second-order valence-corrected chi connectivity index (χ2v) is 7.67. The molecule has 0 aliphatic carbocycles. The first kappa shape index (κ1) is 21.7.